The summed E-state index contributed by atoms with van der Waals surface area (Å²) in [5.74, 6) is -0.622. The minimum absolute atomic E-state index is 0.223. The Balaban J connectivity index is 4.03. The Kier molecular flexibility index (Phi) is 6.45. The van der Waals surface area contributed by atoms with Gasteiger partial charge in [0.2, 0.25) is 5.91 Å². The maximum atomic E-state index is 11.2. The molecule has 1 atom stereocenters. The summed E-state index contributed by atoms with van der Waals surface area (Å²) in [5.41, 5.74) is 0. The third-order valence-electron chi connectivity index (χ3n) is 1.76. The second-order valence-electron chi connectivity index (χ2n) is 3.00. The number of amides is 1. The lowest BCUT2D eigenvalue weighted by Crippen LogP contribution is -2.40. The van der Waals surface area contributed by atoms with Crippen LogP contribution in [-0.2, 0) is 14.3 Å². The third kappa shape index (κ3) is 5.35. The molecule has 0 spiro atoms. The Hall–Kier alpha value is -1.32. The van der Waals surface area contributed by atoms with Crippen LogP contribution in [0.5, 0.6) is 0 Å². The normalized spacial score (nSPS) is 11.6. The summed E-state index contributed by atoms with van der Waals surface area (Å²) in [5, 5.41) is 2.54. The number of unbranched alkanes of at least 4 members (excludes halogenated alkanes) is 1. The van der Waals surface area contributed by atoms with Crippen LogP contribution in [0.1, 0.15) is 26.2 Å². The first-order valence-electron chi connectivity index (χ1n) is 4.57. The van der Waals surface area contributed by atoms with E-state index in [1.165, 1.54) is 14.0 Å². The fourth-order valence-electron chi connectivity index (χ4n) is 1.10. The molecule has 0 aliphatic heterocycles. The summed E-state index contributed by atoms with van der Waals surface area (Å²) in [6.45, 7) is 4.96. The zero-order valence-electron chi connectivity index (χ0n) is 8.71. The molecular weight excluding hydrogens is 182 g/mol. The van der Waals surface area contributed by atoms with Gasteiger partial charge < -0.3 is 10.1 Å². The van der Waals surface area contributed by atoms with Gasteiger partial charge >= 0.3 is 5.97 Å². The molecular formula is C10H17NO3. The molecule has 80 valence electrons. The van der Waals surface area contributed by atoms with Crippen LogP contribution in [0.3, 0.4) is 0 Å². The molecule has 1 amide bonds. The minimum atomic E-state index is -0.530. The molecule has 0 bridgehead atoms. The van der Waals surface area contributed by atoms with Crippen LogP contribution in [0.2, 0.25) is 0 Å². The van der Waals surface area contributed by atoms with Gasteiger partial charge in [-0.25, -0.2) is 4.79 Å². The van der Waals surface area contributed by atoms with Crippen LogP contribution >= 0.6 is 0 Å². The van der Waals surface area contributed by atoms with Gasteiger partial charge in [0.25, 0.3) is 0 Å². The molecule has 0 unspecified atom stereocenters. The maximum Gasteiger partial charge on any atom is 0.328 e. The Bertz CT molecular complexity index is 213. The highest BCUT2D eigenvalue weighted by Crippen LogP contribution is 2.03. The number of nitrogens with one attached hydrogen (secondary N) is 1. The van der Waals surface area contributed by atoms with Gasteiger partial charge in [0, 0.05) is 6.92 Å². The van der Waals surface area contributed by atoms with E-state index in [9.17, 15) is 9.59 Å². The summed E-state index contributed by atoms with van der Waals surface area (Å²) in [6, 6.07) is -0.530. The van der Waals surface area contributed by atoms with Crippen LogP contribution < -0.4 is 5.32 Å². The summed E-state index contributed by atoms with van der Waals surface area (Å²) in [7, 11) is 1.31. The van der Waals surface area contributed by atoms with Gasteiger partial charge in [-0.3, -0.25) is 4.79 Å². The highest BCUT2D eigenvalue weighted by molar-refractivity contribution is 5.83. The monoisotopic (exact) mass is 199 g/mol. The molecule has 0 aromatic rings. The number of hydrogen-bond donors (Lipinski definition) is 1. The van der Waals surface area contributed by atoms with E-state index in [1.807, 2.05) is 0 Å². The van der Waals surface area contributed by atoms with Crippen LogP contribution in [-0.4, -0.2) is 25.0 Å². The Labute approximate surface area is 84.3 Å². The smallest absolute Gasteiger partial charge is 0.328 e. The van der Waals surface area contributed by atoms with Crippen LogP contribution in [0, 0.1) is 0 Å². The molecule has 0 rings (SSSR count). The Morgan fingerprint density at radius 2 is 2.21 bits per heavy atom. The van der Waals surface area contributed by atoms with E-state index in [-0.39, 0.29) is 5.91 Å². The van der Waals surface area contributed by atoms with Gasteiger partial charge in [0.15, 0.2) is 0 Å². The number of allylic oxidation sites excluding steroid dienone is 1. The van der Waals surface area contributed by atoms with E-state index in [0.29, 0.717) is 6.42 Å². The molecule has 0 aliphatic rings. The molecule has 4 heteroatoms. The molecule has 0 fully saturated rings. The molecule has 14 heavy (non-hydrogen) atoms. The van der Waals surface area contributed by atoms with Crippen LogP contribution in [0.4, 0.5) is 0 Å². The summed E-state index contributed by atoms with van der Waals surface area (Å²) >= 11 is 0. The third-order valence-corrected chi connectivity index (χ3v) is 1.76. The zero-order valence-corrected chi connectivity index (χ0v) is 8.71. The van der Waals surface area contributed by atoms with E-state index in [0.717, 1.165) is 12.8 Å². The maximum absolute atomic E-state index is 11.2. The fraction of sp³-hybridized carbons (Fsp3) is 0.600. The number of rotatable bonds is 6. The van der Waals surface area contributed by atoms with Crippen molar-refractivity contribution in [2.75, 3.05) is 7.11 Å². The lowest BCUT2D eigenvalue weighted by atomic mass is 10.1. The van der Waals surface area contributed by atoms with Gasteiger partial charge in [-0.2, -0.15) is 0 Å². The predicted molar refractivity (Wildman–Crippen MR) is 53.7 cm³/mol. The van der Waals surface area contributed by atoms with Gasteiger partial charge in [-0.1, -0.05) is 6.08 Å². The van der Waals surface area contributed by atoms with E-state index in [2.05, 4.69) is 16.6 Å². The summed E-state index contributed by atoms with van der Waals surface area (Å²) in [6.07, 6.45) is 4.00. The van der Waals surface area contributed by atoms with Crippen molar-refractivity contribution in [3.63, 3.8) is 0 Å². The van der Waals surface area contributed by atoms with Gasteiger partial charge in [-0.15, -0.1) is 6.58 Å². The predicted octanol–water partition coefficient (Wildman–Crippen LogP) is 1.02. The average Bonchev–Trinajstić information content (AvgIpc) is 2.15. The van der Waals surface area contributed by atoms with Crippen molar-refractivity contribution in [2.45, 2.75) is 32.2 Å². The quantitative estimate of drug-likeness (QED) is 0.395. The van der Waals surface area contributed by atoms with E-state index >= 15 is 0 Å². The largest absolute Gasteiger partial charge is 0.467 e. The summed E-state index contributed by atoms with van der Waals surface area (Å²) < 4.78 is 4.56. The highest BCUT2D eigenvalue weighted by atomic mass is 16.5. The van der Waals surface area contributed by atoms with Crippen molar-refractivity contribution in [3.8, 4) is 0 Å². The molecule has 4 nitrogen and oxygen atoms in total. The van der Waals surface area contributed by atoms with Crippen molar-refractivity contribution in [3.05, 3.63) is 12.7 Å². The average molecular weight is 199 g/mol. The molecule has 0 radical (unpaired) electrons. The fourth-order valence-corrected chi connectivity index (χ4v) is 1.10. The van der Waals surface area contributed by atoms with Crippen LogP contribution in [0.15, 0.2) is 12.7 Å². The second kappa shape index (κ2) is 7.12. The van der Waals surface area contributed by atoms with Crippen molar-refractivity contribution in [1.82, 2.24) is 5.32 Å². The number of esters is 1. The zero-order chi connectivity index (χ0) is 11.0. The second-order valence-corrected chi connectivity index (χ2v) is 3.00. The van der Waals surface area contributed by atoms with Crippen molar-refractivity contribution >= 4 is 11.9 Å². The lowest BCUT2D eigenvalue weighted by Gasteiger charge is -2.14. The van der Waals surface area contributed by atoms with E-state index < -0.39 is 12.0 Å². The van der Waals surface area contributed by atoms with E-state index in [1.54, 1.807) is 6.08 Å². The van der Waals surface area contributed by atoms with Crippen molar-refractivity contribution < 1.29 is 14.3 Å². The molecule has 0 saturated carbocycles. The Morgan fingerprint density at radius 1 is 1.57 bits per heavy atom. The van der Waals surface area contributed by atoms with Gasteiger partial charge in [0.05, 0.1) is 7.11 Å². The van der Waals surface area contributed by atoms with Crippen molar-refractivity contribution in [1.29, 1.82) is 0 Å². The molecule has 0 aromatic carbocycles. The topological polar surface area (TPSA) is 55.4 Å². The molecule has 0 aliphatic carbocycles. The van der Waals surface area contributed by atoms with Gasteiger partial charge in [0.1, 0.15) is 6.04 Å². The first-order chi connectivity index (χ1) is 6.61. The van der Waals surface area contributed by atoms with Crippen LogP contribution in [0.25, 0.3) is 0 Å². The number of carbonyl (C=O) groups excluding carboxylic acids is 2. The SMILES string of the molecule is C=CCCC[C@H](NC(C)=O)C(=O)OC. The van der Waals surface area contributed by atoms with Gasteiger partial charge in [-0.05, 0) is 19.3 Å². The standard InChI is InChI=1S/C10H17NO3/c1-4-5-6-7-9(10(13)14-3)11-8(2)12/h4,9H,1,5-7H2,2-3H3,(H,11,12)/t9-/m0/s1. The number of carbonyl (C=O) groups is 2. The molecule has 0 heterocycles. The first kappa shape index (κ1) is 12.7. The van der Waals surface area contributed by atoms with E-state index in [4.69, 9.17) is 0 Å². The molecule has 0 aromatic heterocycles. The highest BCUT2D eigenvalue weighted by Gasteiger charge is 2.18. The lowest BCUT2D eigenvalue weighted by molar-refractivity contribution is -0.145. The first-order valence-corrected chi connectivity index (χ1v) is 4.57. The number of hydrogen-bond acceptors (Lipinski definition) is 3. The molecule has 0 saturated heterocycles. The van der Waals surface area contributed by atoms with Crippen molar-refractivity contribution in [2.24, 2.45) is 0 Å². The number of methoxy groups -OCH3 is 1. The Morgan fingerprint density at radius 3 is 2.64 bits per heavy atom. The minimum Gasteiger partial charge on any atom is -0.467 e. The summed E-state index contributed by atoms with van der Waals surface area (Å²) in [4.78, 5) is 21.9. The molecule has 1 N–H and O–H groups in total. The number of ether oxygens (including phenoxy) is 1.